The summed E-state index contributed by atoms with van der Waals surface area (Å²) < 4.78 is 0. The molecule has 1 amide bonds. The van der Waals surface area contributed by atoms with Gasteiger partial charge >= 0.3 is 0 Å². The summed E-state index contributed by atoms with van der Waals surface area (Å²) in [6.45, 7) is 0.638. The Kier molecular flexibility index (Phi) is 3.05. The second-order valence-electron chi connectivity index (χ2n) is 4.25. The van der Waals surface area contributed by atoms with Gasteiger partial charge in [0.2, 0.25) is 5.56 Å². The zero-order chi connectivity index (χ0) is 11.5. The van der Waals surface area contributed by atoms with Crippen LogP contribution in [-0.2, 0) is 0 Å². The molecule has 2 rings (SSSR count). The average molecular weight is 221 g/mol. The van der Waals surface area contributed by atoms with Crippen molar-refractivity contribution in [1.82, 2.24) is 10.3 Å². The quantitative estimate of drug-likeness (QED) is 0.662. The highest BCUT2D eigenvalue weighted by Crippen LogP contribution is 2.24. The van der Waals surface area contributed by atoms with Crippen molar-refractivity contribution in [2.75, 3.05) is 6.54 Å². The van der Waals surface area contributed by atoms with Crippen LogP contribution in [0.1, 0.15) is 23.2 Å². The number of nitrogens with one attached hydrogen (secondary N) is 2. The molecule has 1 heterocycles. The molecule has 16 heavy (non-hydrogen) atoms. The van der Waals surface area contributed by atoms with E-state index in [1.165, 1.54) is 12.3 Å². The second-order valence-corrected chi connectivity index (χ2v) is 4.25. The molecule has 1 aliphatic rings. The van der Waals surface area contributed by atoms with E-state index in [1.807, 2.05) is 0 Å². The van der Waals surface area contributed by atoms with E-state index in [4.69, 9.17) is 5.73 Å². The van der Waals surface area contributed by atoms with Crippen molar-refractivity contribution in [3.8, 4) is 0 Å². The third-order valence-corrected chi connectivity index (χ3v) is 2.86. The Balaban J connectivity index is 1.86. The molecule has 1 fully saturated rings. The molecule has 0 aliphatic heterocycles. The van der Waals surface area contributed by atoms with Gasteiger partial charge < -0.3 is 16.0 Å². The molecule has 86 valence electrons. The lowest BCUT2D eigenvalue weighted by Crippen LogP contribution is -2.42. The normalized spacial score (nSPS) is 23.6. The summed E-state index contributed by atoms with van der Waals surface area (Å²) >= 11 is 0. The minimum Gasteiger partial charge on any atom is -0.352 e. The summed E-state index contributed by atoms with van der Waals surface area (Å²) in [5, 5.41) is 2.80. The molecular formula is C11H15N3O2. The van der Waals surface area contributed by atoms with Gasteiger partial charge in [-0.05, 0) is 24.8 Å². The standard InChI is InChI=1S/C11H15N3O2/c12-9-3-7(4-9)6-14-11(16)8-1-2-13-10(15)5-8/h1-2,5,7,9H,3-4,6,12H2,(H,13,15)(H,14,16). The Hall–Kier alpha value is -1.62. The monoisotopic (exact) mass is 221 g/mol. The molecule has 1 saturated carbocycles. The molecule has 0 aromatic carbocycles. The largest absolute Gasteiger partial charge is 0.352 e. The van der Waals surface area contributed by atoms with Gasteiger partial charge in [0.1, 0.15) is 0 Å². The smallest absolute Gasteiger partial charge is 0.251 e. The topological polar surface area (TPSA) is 88.0 Å². The number of hydrogen-bond donors (Lipinski definition) is 3. The summed E-state index contributed by atoms with van der Waals surface area (Å²) in [5.41, 5.74) is 5.78. The first-order chi connectivity index (χ1) is 7.65. The zero-order valence-corrected chi connectivity index (χ0v) is 8.90. The minimum absolute atomic E-state index is 0.202. The Morgan fingerprint density at radius 3 is 2.94 bits per heavy atom. The number of rotatable bonds is 3. The fraction of sp³-hybridized carbons (Fsp3) is 0.455. The number of amides is 1. The van der Waals surface area contributed by atoms with E-state index in [-0.39, 0.29) is 11.5 Å². The first kappa shape index (κ1) is 10.9. The molecular weight excluding hydrogens is 206 g/mol. The van der Waals surface area contributed by atoms with Crippen molar-refractivity contribution >= 4 is 5.91 Å². The maximum Gasteiger partial charge on any atom is 0.251 e. The number of hydrogen-bond acceptors (Lipinski definition) is 3. The third kappa shape index (κ3) is 2.49. The second kappa shape index (κ2) is 4.49. The van der Waals surface area contributed by atoms with Crippen LogP contribution < -0.4 is 16.6 Å². The van der Waals surface area contributed by atoms with Crippen molar-refractivity contribution < 1.29 is 4.79 Å². The number of nitrogens with two attached hydrogens (primary N) is 1. The molecule has 1 aromatic heterocycles. The molecule has 5 heteroatoms. The van der Waals surface area contributed by atoms with Crippen LogP contribution in [0.15, 0.2) is 23.1 Å². The van der Waals surface area contributed by atoms with Crippen molar-refractivity contribution in [2.24, 2.45) is 11.7 Å². The van der Waals surface area contributed by atoms with Crippen LogP contribution in [-0.4, -0.2) is 23.5 Å². The van der Waals surface area contributed by atoms with Crippen LogP contribution in [0, 0.1) is 5.92 Å². The molecule has 0 bridgehead atoms. The summed E-state index contributed by atoms with van der Waals surface area (Å²) in [4.78, 5) is 25.1. The van der Waals surface area contributed by atoms with Crippen LogP contribution in [0.5, 0.6) is 0 Å². The minimum atomic E-state index is -0.265. The van der Waals surface area contributed by atoms with Gasteiger partial charge in [-0.3, -0.25) is 9.59 Å². The van der Waals surface area contributed by atoms with Gasteiger partial charge in [0.15, 0.2) is 0 Å². The van der Waals surface area contributed by atoms with Crippen molar-refractivity contribution in [1.29, 1.82) is 0 Å². The van der Waals surface area contributed by atoms with E-state index in [0.717, 1.165) is 12.8 Å². The number of aromatic amines is 1. The van der Waals surface area contributed by atoms with E-state index >= 15 is 0 Å². The number of H-pyrrole nitrogens is 1. The Morgan fingerprint density at radius 2 is 2.31 bits per heavy atom. The highest BCUT2D eigenvalue weighted by Gasteiger charge is 2.25. The lowest BCUT2D eigenvalue weighted by Gasteiger charge is -2.32. The lowest BCUT2D eigenvalue weighted by molar-refractivity contribution is 0.0935. The van der Waals surface area contributed by atoms with Gasteiger partial charge in [0.05, 0.1) is 0 Å². The Bertz CT molecular complexity index is 435. The van der Waals surface area contributed by atoms with E-state index < -0.39 is 0 Å². The highest BCUT2D eigenvalue weighted by atomic mass is 16.2. The fourth-order valence-corrected chi connectivity index (χ4v) is 1.88. The molecule has 0 radical (unpaired) electrons. The van der Waals surface area contributed by atoms with E-state index in [0.29, 0.717) is 24.1 Å². The van der Waals surface area contributed by atoms with Gasteiger partial charge in [-0.1, -0.05) is 0 Å². The molecule has 5 nitrogen and oxygen atoms in total. The Morgan fingerprint density at radius 1 is 1.56 bits per heavy atom. The molecule has 1 aromatic rings. The first-order valence-corrected chi connectivity index (χ1v) is 5.37. The van der Waals surface area contributed by atoms with E-state index in [9.17, 15) is 9.59 Å². The van der Waals surface area contributed by atoms with Crippen LogP contribution in [0.2, 0.25) is 0 Å². The first-order valence-electron chi connectivity index (χ1n) is 5.37. The molecule has 4 N–H and O–H groups in total. The van der Waals surface area contributed by atoms with Crippen LogP contribution in [0.25, 0.3) is 0 Å². The fourth-order valence-electron chi connectivity index (χ4n) is 1.88. The summed E-state index contributed by atoms with van der Waals surface area (Å²) in [5.74, 6) is 0.285. The van der Waals surface area contributed by atoms with Crippen molar-refractivity contribution in [3.63, 3.8) is 0 Å². The lowest BCUT2D eigenvalue weighted by atomic mass is 9.81. The molecule has 0 saturated heterocycles. The van der Waals surface area contributed by atoms with Crippen molar-refractivity contribution in [2.45, 2.75) is 18.9 Å². The van der Waals surface area contributed by atoms with E-state index in [2.05, 4.69) is 10.3 Å². The van der Waals surface area contributed by atoms with Gasteiger partial charge in [-0.25, -0.2) is 0 Å². The van der Waals surface area contributed by atoms with Gasteiger partial charge in [0.25, 0.3) is 5.91 Å². The average Bonchev–Trinajstić information content (AvgIpc) is 2.22. The van der Waals surface area contributed by atoms with Gasteiger partial charge in [0, 0.05) is 30.4 Å². The van der Waals surface area contributed by atoms with Crippen LogP contribution in [0.3, 0.4) is 0 Å². The number of carbonyl (C=O) groups excluding carboxylic acids is 1. The third-order valence-electron chi connectivity index (χ3n) is 2.86. The maximum atomic E-state index is 11.6. The zero-order valence-electron chi connectivity index (χ0n) is 8.90. The number of carbonyl (C=O) groups is 1. The predicted molar refractivity (Wildman–Crippen MR) is 60.1 cm³/mol. The molecule has 0 unspecified atom stereocenters. The summed E-state index contributed by atoms with van der Waals surface area (Å²) in [7, 11) is 0. The number of pyridine rings is 1. The van der Waals surface area contributed by atoms with E-state index in [1.54, 1.807) is 6.07 Å². The molecule has 0 spiro atoms. The maximum absolute atomic E-state index is 11.6. The van der Waals surface area contributed by atoms with Gasteiger partial charge in [-0.2, -0.15) is 0 Å². The SMILES string of the molecule is NC1CC(CNC(=O)c2cc[nH]c(=O)c2)C1. The molecule has 0 atom stereocenters. The van der Waals surface area contributed by atoms with Gasteiger partial charge in [-0.15, -0.1) is 0 Å². The number of aromatic nitrogens is 1. The summed E-state index contributed by atoms with van der Waals surface area (Å²) in [6.07, 6.45) is 3.40. The molecule has 1 aliphatic carbocycles. The highest BCUT2D eigenvalue weighted by molar-refractivity contribution is 5.93. The Labute approximate surface area is 93.0 Å². The van der Waals surface area contributed by atoms with Crippen LogP contribution in [0.4, 0.5) is 0 Å². The van der Waals surface area contributed by atoms with Crippen molar-refractivity contribution in [3.05, 3.63) is 34.2 Å². The van der Waals surface area contributed by atoms with Crippen LogP contribution >= 0.6 is 0 Å². The predicted octanol–water partition coefficient (Wildman–Crippen LogP) is -0.158. The summed E-state index contributed by atoms with van der Waals surface area (Å²) in [6, 6.07) is 3.17.